The number of nitrogens with zero attached hydrogens (tertiary/aromatic N) is 1. The van der Waals surface area contributed by atoms with E-state index >= 15 is 0 Å². The van der Waals surface area contributed by atoms with Crippen LogP contribution in [-0.4, -0.2) is 16.1 Å². The van der Waals surface area contributed by atoms with Crippen molar-refractivity contribution in [2.45, 2.75) is 0 Å². The number of fused-ring (bicyclic) bond motifs is 1. The minimum Gasteiger partial charge on any atom is -0.478 e. The van der Waals surface area contributed by atoms with Crippen molar-refractivity contribution in [2.75, 3.05) is 11.1 Å². The van der Waals surface area contributed by atoms with Gasteiger partial charge in [0.05, 0.1) is 11.1 Å². The number of nitrogen functional groups attached to an aromatic ring is 1. The van der Waals surface area contributed by atoms with Crippen molar-refractivity contribution in [3.63, 3.8) is 0 Å². The summed E-state index contributed by atoms with van der Waals surface area (Å²) in [4.78, 5) is 15.3. The van der Waals surface area contributed by atoms with E-state index < -0.39 is 5.97 Å². The Labute approximate surface area is 121 Å². The molecule has 0 saturated heterocycles. The number of benzene rings is 2. The molecule has 4 N–H and O–H groups in total. The zero-order valence-electron chi connectivity index (χ0n) is 11.1. The third-order valence-corrected chi connectivity index (χ3v) is 3.18. The van der Waals surface area contributed by atoms with Gasteiger partial charge in [-0.25, -0.2) is 4.79 Å². The lowest BCUT2D eigenvalue weighted by molar-refractivity contribution is 0.0698. The Bertz CT molecular complexity index is 831. The van der Waals surface area contributed by atoms with E-state index in [-0.39, 0.29) is 11.3 Å². The molecule has 1 aromatic heterocycles. The minimum atomic E-state index is -1.04. The predicted octanol–water partition coefficient (Wildman–Crippen LogP) is 3.26. The van der Waals surface area contributed by atoms with Crippen LogP contribution < -0.4 is 11.1 Å². The first-order chi connectivity index (χ1) is 10.1. The quantitative estimate of drug-likeness (QED) is 0.640. The van der Waals surface area contributed by atoms with Gasteiger partial charge in [-0.2, -0.15) is 0 Å². The Kier molecular flexibility index (Phi) is 3.16. The molecule has 3 rings (SSSR count). The van der Waals surface area contributed by atoms with E-state index in [1.165, 1.54) is 6.07 Å². The number of carboxylic acid groups (broad SMARTS) is 1. The zero-order chi connectivity index (χ0) is 14.8. The lowest BCUT2D eigenvalue weighted by atomic mass is 10.1. The van der Waals surface area contributed by atoms with E-state index in [2.05, 4.69) is 10.3 Å². The molecule has 3 aromatic rings. The zero-order valence-corrected chi connectivity index (χ0v) is 11.1. The van der Waals surface area contributed by atoms with Crippen LogP contribution in [0.2, 0.25) is 0 Å². The number of anilines is 3. The second-order valence-electron chi connectivity index (χ2n) is 4.64. The summed E-state index contributed by atoms with van der Waals surface area (Å²) in [6, 6.07) is 14.4. The summed E-state index contributed by atoms with van der Waals surface area (Å²) in [5.74, 6) is -1.04. The minimum absolute atomic E-state index is 0.0856. The van der Waals surface area contributed by atoms with E-state index in [0.29, 0.717) is 5.69 Å². The molecule has 0 saturated carbocycles. The maximum atomic E-state index is 11.1. The molecule has 5 heteroatoms. The fraction of sp³-hybridized carbons (Fsp3) is 0. The Morgan fingerprint density at radius 1 is 1.10 bits per heavy atom. The highest BCUT2D eigenvalue weighted by Crippen LogP contribution is 2.24. The summed E-state index contributed by atoms with van der Waals surface area (Å²) >= 11 is 0. The largest absolute Gasteiger partial charge is 0.478 e. The third-order valence-electron chi connectivity index (χ3n) is 3.18. The first-order valence-corrected chi connectivity index (χ1v) is 6.38. The molecule has 5 nitrogen and oxygen atoms in total. The molecule has 0 fully saturated rings. The smallest absolute Gasteiger partial charge is 0.337 e. The van der Waals surface area contributed by atoms with Crippen LogP contribution in [0.15, 0.2) is 54.7 Å². The van der Waals surface area contributed by atoms with Gasteiger partial charge < -0.3 is 16.2 Å². The summed E-state index contributed by atoms with van der Waals surface area (Å²) in [7, 11) is 0. The Balaban J connectivity index is 1.94. The molecule has 2 aromatic carbocycles. The number of aromatic nitrogens is 1. The summed E-state index contributed by atoms with van der Waals surface area (Å²) in [5, 5.41) is 13.3. The number of carbonyl (C=O) groups is 1. The van der Waals surface area contributed by atoms with Gasteiger partial charge in [0.15, 0.2) is 0 Å². The van der Waals surface area contributed by atoms with Gasteiger partial charge in [0.1, 0.15) is 0 Å². The van der Waals surface area contributed by atoms with Crippen molar-refractivity contribution in [3.8, 4) is 0 Å². The number of nitrogens with one attached hydrogen (secondary N) is 1. The van der Waals surface area contributed by atoms with Crippen LogP contribution in [-0.2, 0) is 0 Å². The highest BCUT2D eigenvalue weighted by atomic mass is 16.4. The number of aromatic carboxylic acids is 1. The monoisotopic (exact) mass is 279 g/mol. The lowest BCUT2D eigenvalue weighted by Gasteiger charge is -2.09. The maximum absolute atomic E-state index is 11.1. The van der Waals surface area contributed by atoms with Gasteiger partial charge in [0.25, 0.3) is 0 Å². The normalized spacial score (nSPS) is 10.5. The van der Waals surface area contributed by atoms with Gasteiger partial charge in [-0.15, -0.1) is 0 Å². The molecular formula is C16H13N3O2. The topological polar surface area (TPSA) is 88.2 Å². The van der Waals surface area contributed by atoms with Crippen molar-refractivity contribution in [3.05, 3.63) is 60.3 Å². The number of carboxylic acids is 1. The van der Waals surface area contributed by atoms with Crippen molar-refractivity contribution >= 4 is 33.9 Å². The van der Waals surface area contributed by atoms with Crippen LogP contribution in [0.5, 0.6) is 0 Å². The number of pyridine rings is 1. The first-order valence-electron chi connectivity index (χ1n) is 6.38. The highest BCUT2D eigenvalue weighted by molar-refractivity contribution is 5.95. The van der Waals surface area contributed by atoms with Gasteiger partial charge in [0.2, 0.25) is 0 Å². The number of nitrogens with two attached hydrogens (primary N) is 1. The molecule has 0 atom stereocenters. The summed E-state index contributed by atoms with van der Waals surface area (Å²) in [5.41, 5.74) is 8.41. The van der Waals surface area contributed by atoms with Gasteiger partial charge >= 0.3 is 5.97 Å². The molecule has 0 unspecified atom stereocenters. The second-order valence-corrected chi connectivity index (χ2v) is 4.64. The fourth-order valence-electron chi connectivity index (χ4n) is 2.14. The van der Waals surface area contributed by atoms with Crippen LogP contribution in [0.25, 0.3) is 10.9 Å². The number of hydrogen-bond donors (Lipinski definition) is 3. The van der Waals surface area contributed by atoms with Crippen molar-refractivity contribution in [2.24, 2.45) is 0 Å². The molecule has 0 amide bonds. The molecule has 104 valence electrons. The van der Waals surface area contributed by atoms with Crippen LogP contribution >= 0.6 is 0 Å². The average Bonchev–Trinajstić information content (AvgIpc) is 2.49. The van der Waals surface area contributed by atoms with Crippen LogP contribution in [0, 0.1) is 0 Å². The molecular weight excluding hydrogens is 266 g/mol. The van der Waals surface area contributed by atoms with Crippen molar-refractivity contribution in [1.29, 1.82) is 0 Å². The molecule has 0 spiro atoms. The molecule has 21 heavy (non-hydrogen) atoms. The van der Waals surface area contributed by atoms with Crippen LogP contribution in [0.1, 0.15) is 10.4 Å². The van der Waals surface area contributed by atoms with Gasteiger partial charge in [-0.3, -0.25) is 4.98 Å². The predicted molar refractivity (Wildman–Crippen MR) is 82.8 cm³/mol. The van der Waals surface area contributed by atoms with E-state index in [1.54, 1.807) is 18.3 Å². The van der Waals surface area contributed by atoms with Crippen molar-refractivity contribution in [1.82, 2.24) is 4.98 Å². The Hall–Kier alpha value is -3.08. The van der Waals surface area contributed by atoms with Crippen LogP contribution in [0.3, 0.4) is 0 Å². The van der Waals surface area contributed by atoms with E-state index in [1.807, 2.05) is 30.3 Å². The van der Waals surface area contributed by atoms with Gasteiger partial charge in [-0.05, 0) is 42.5 Å². The first kappa shape index (κ1) is 12.9. The van der Waals surface area contributed by atoms with E-state index in [9.17, 15) is 4.79 Å². The fourth-order valence-corrected chi connectivity index (χ4v) is 2.14. The Morgan fingerprint density at radius 3 is 2.67 bits per heavy atom. The summed E-state index contributed by atoms with van der Waals surface area (Å²) in [6.07, 6.45) is 1.74. The summed E-state index contributed by atoms with van der Waals surface area (Å²) < 4.78 is 0. The standard InChI is InChI=1S/C16H13N3O2/c17-14-5-3-12(9-13(14)16(20)21)19-11-4-6-15-10(8-11)2-1-7-18-15/h1-9,19H,17H2,(H,20,21). The molecule has 0 aliphatic rings. The molecule has 0 aliphatic carbocycles. The average molecular weight is 279 g/mol. The number of hydrogen-bond acceptors (Lipinski definition) is 4. The van der Waals surface area contributed by atoms with Crippen LogP contribution in [0.4, 0.5) is 17.1 Å². The van der Waals surface area contributed by atoms with E-state index in [4.69, 9.17) is 10.8 Å². The molecule has 0 aliphatic heterocycles. The van der Waals surface area contributed by atoms with Gasteiger partial charge in [-0.1, -0.05) is 6.07 Å². The lowest BCUT2D eigenvalue weighted by Crippen LogP contribution is -2.03. The maximum Gasteiger partial charge on any atom is 0.337 e. The summed E-state index contributed by atoms with van der Waals surface area (Å²) in [6.45, 7) is 0. The third kappa shape index (κ3) is 2.62. The molecule has 1 heterocycles. The number of rotatable bonds is 3. The van der Waals surface area contributed by atoms with E-state index in [0.717, 1.165) is 16.6 Å². The SMILES string of the molecule is Nc1ccc(Nc2ccc3ncccc3c2)cc1C(=O)O. The van der Waals surface area contributed by atoms with Gasteiger partial charge in [0, 0.05) is 28.6 Å². The molecule has 0 radical (unpaired) electrons. The molecule has 0 bridgehead atoms. The highest BCUT2D eigenvalue weighted by Gasteiger charge is 2.08. The van der Waals surface area contributed by atoms with Crippen molar-refractivity contribution < 1.29 is 9.90 Å². The Morgan fingerprint density at radius 2 is 1.86 bits per heavy atom. The second kappa shape index (κ2) is 5.13.